The molecule has 7 heteroatoms. The fraction of sp³-hybridized carbons (Fsp3) is 0.250. The summed E-state index contributed by atoms with van der Waals surface area (Å²) in [5, 5.41) is 0.648. The molecule has 4 nitrogen and oxygen atoms in total. The molecule has 15 heavy (non-hydrogen) atoms. The molecule has 1 rings (SSSR count). The van der Waals surface area contributed by atoms with Crippen molar-refractivity contribution in [3.8, 4) is 0 Å². The van der Waals surface area contributed by atoms with Gasteiger partial charge in [0.1, 0.15) is 0 Å². The molecule has 0 saturated heterocycles. The summed E-state index contributed by atoms with van der Waals surface area (Å²) in [5.41, 5.74) is 3.62. The number of nitrogens with zero attached hydrogens (tertiary/aromatic N) is 1. The quantitative estimate of drug-likeness (QED) is 0.900. The predicted octanol–water partition coefficient (Wildman–Crippen LogP) is 1.57. The van der Waals surface area contributed by atoms with Crippen molar-refractivity contribution in [1.29, 1.82) is 0 Å². The third kappa shape index (κ3) is 3.87. The first-order valence-electron chi connectivity index (χ1n) is 4.14. The Labute approximate surface area is 98.4 Å². The van der Waals surface area contributed by atoms with Gasteiger partial charge in [-0.2, -0.15) is 0 Å². The standard InChI is InChI=1S/C8H9Cl2N2O2S/c9-6-1-2-7(10)8(5-6)12-15(13,14)4-3-11/h1-2,5H,3-4,11H2/q-1/p+1. The highest BCUT2D eigenvalue weighted by Gasteiger charge is 2.01. The topological polar surface area (TPSA) is 75.9 Å². The second-order valence-corrected chi connectivity index (χ2v) is 5.42. The van der Waals surface area contributed by atoms with Gasteiger partial charge in [-0.3, -0.25) is 0 Å². The van der Waals surface area contributed by atoms with Crippen molar-refractivity contribution in [3.05, 3.63) is 33.0 Å². The van der Waals surface area contributed by atoms with Crippen LogP contribution in [0.4, 0.5) is 5.69 Å². The number of rotatable bonds is 4. The second kappa shape index (κ2) is 5.03. The lowest BCUT2D eigenvalue weighted by atomic mass is 10.3. The third-order valence-corrected chi connectivity index (χ3v) is 3.38. The molecule has 0 atom stereocenters. The van der Waals surface area contributed by atoms with Gasteiger partial charge in [-0.25, -0.2) is 8.42 Å². The molecule has 1 aromatic carbocycles. The van der Waals surface area contributed by atoms with Gasteiger partial charge in [-0.05, 0) is 12.1 Å². The van der Waals surface area contributed by atoms with Crippen LogP contribution in [0.5, 0.6) is 0 Å². The maximum atomic E-state index is 11.4. The Morgan fingerprint density at radius 3 is 2.60 bits per heavy atom. The molecular weight excluding hydrogens is 259 g/mol. The minimum absolute atomic E-state index is 0.101. The van der Waals surface area contributed by atoms with Gasteiger partial charge in [0.05, 0.1) is 22.3 Å². The molecule has 0 spiro atoms. The van der Waals surface area contributed by atoms with Gasteiger partial charge in [0.2, 0.25) is 0 Å². The Kier molecular flexibility index (Phi) is 4.21. The van der Waals surface area contributed by atoms with Crippen molar-refractivity contribution in [2.24, 2.45) is 0 Å². The van der Waals surface area contributed by atoms with E-state index in [-0.39, 0.29) is 23.0 Å². The van der Waals surface area contributed by atoms with E-state index in [0.29, 0.717) is 5.02 Å². The van der Waals surface area contributed by atoms with Gasteiger partial charge in [0.25, 0.3) is 0 Å². The highest BCUT2D eigenvalue weighted by Crippen LogP contribution is 2.33. The Bertz CT molecular complexity index is 448. The maximum absolute atomic E-state index is 11.4. The summed E-state index contributed by atoms with van der Waals surface area (Å²) < 4.78 is 26.3. The number of hydrogen-bond acceptors (Lipinski definition) is 2. The number of sulfonamides is 1. The smallest absolute Gasteiger partial charge is 0.0993 e. The number of quaternary nitrogens is 1. The van der Waals surface area contributed by atoms with E-state index in [0.717, 1.165) is 0 Å². The highest BCUT2D eigenvalue weighted by molar-refractivity contribution is 7.94. The van der Waals surface area contributed by atoms with Crippen molar-refractivity contribution in [1.82, 2.24) is 0 Å². The van der Waals surface area contributed by atoms with Crippen LogP contribution in [0, 0.1) is 0 Å². The van der Waals surface area contributed by atoms with Gasteiger partial charge in [-0.1, -0.05) is 29.3 Å². The van der Waals surface area contributed by atoms with Crippen LogP contribution in [0.3, 0.4) is 0 Å². The summed E-state index contributed by atoms with van der Waals surface area (Å²) in [4.78, 5) is 0. The molecule has 0 aliphatic rings. The van der Waals surface area contributed by atoms with E-state index in [1.807, 2.05) is 0 Å². The van der Waals surface area contributed by atoms with Crippen molar-refractivity contribution in [2.75, 3.05) is 12.3 Å². The lowest BCUT2D eigenvalue weighted by molar-refractivity contribution is -0.360. The van der Waals surface area contributed by atoms with Crippen molar-refractivity contribution < 1.29 is 14.2 Å². The minimum Gasteiger partial charge on any atom is -0.575 e. The average Bonchev–Trinajstić information content (AvgIpc) is 2.10. The average molecular weight is 269 g/mol. The van der Waals surface area contributed by atoms with Crippen molar-refractivity contribution >= 4 is 38.9 Å². The molecule has 84 valence electrons. The molecule has 0 saturated carbocycles. The molecule has 1 aromatic rings. The summed E-state index contributed by atoms with van der Waals surface area (Å²) in [7, 11) is -3.50. The van der Waals surface area contributed by atoms with E-state index >= 15 is 0 Å². The van der Waals surface area contributed by atoms with Crippen LogP contribution in [-0.4, -0.2) is 20.7 Å². The molecule has 3 N–H and O–H groups in total. The molecule has 0 fully saturated rings. The van der Waals surface area contributed by atoms with Crippen LogP contribution in [0.25, 0.3) is 4.72 Å². The largest absolute Gasteiger partial charge is 0.575 e. The normalized spacial score (nSPS) is 11.4. The lowest BCUT2D eigenvalue weighted by Crippen LogP contribution is -2.52. The zero-order valence-corrected chi connectivity index (χ0v) is 10.1. The number of benzene rings is 1. The van der Waals surface area contributed by atoms with Crippen LogP contribution < -0.4 is 5.73 Å². The van der Waals surface area contributed by atoms with E-state index in [1.165, 1.54) is 12.1 Å². The van der Waals surface area contributed by atoms with E-state index in [2.05, 4.69) is 10.5 Å². The van der Waals surface area contributed by atoms with Gasteiger partial charge in [0.15, 0.2) is 0 Å². The number of hydrogen-bond donors (Lipinski definition) is 1. The minimum atomic E-state index is -3.50. The molecule has 0 unspecified atom stereocenters. The number of halogens is 2. The monoisotopic (exact) mass is 268 g/mol. The van der Waals surface area contributed by atoms with Gasteiger partial charge in [0, 0.05) is 10.0 Å². The molecule has 0 aliphatic carbocycles. The second-order valence-electron chi connectivity index (χ2n) is 2.83. The summed E-state index contributed by atoms with van der Waals surface area (Å²) in [6.45, 7) is 0.268. The van der Waals surface area contributed by atoms with Gasteiger partial charge >= 0.3 is 0 Å². The van der Waals surface area contributed by atoms with Crippen molar-refractivity contribution in [2.45, 2.75) is 0 Å². The molecule has 0 heterocycles. The zero-order valence-electron chi connectivity index (χ0n) is 7.78. The van der Waals surface area contributed by atoms with E-state index in [9.17, 15) is 8.42 Å². The van der Waals surface area contributed by atoms with Crippen LogP contribution in [0.15, 0.2) is 18.2 Å². The fourth-order valence-electron chi connectivity index (χ4n) is 0.934. The predicted molar refractivity (Wildman–Crippen MR) is 61.0 cm³/mol. The van der Waals surface area contributed by atoms with Gasteiger partial charge in [-0.15, -0.1) is 5.69 Å². The zero-order chi connectivity index (χ0) is 11.5. The molecule has 0 aromatic heterocycles. The first-order chi connectivity index (χ1) is 6.94. The summed E-state index contributed by atoms with van der Waals surface area (Å²) in [5.74, 6) is -0.101. The van der Waals surface area contributed by atoms with Crippen LogP contribution in [-0.2, 0) is 10.0 Å². The summed E-state index contributed by atoms with van der Waals surface area (Å²) in [6.07, 6.45) is 0. The molecule has 0 bridgehead atoms. The van der Waals surface area contributed by atoms with Crippen LogP contribution in [0.1, 0.15) is 0 Å². The van der Waals surface area contributed by atoms with Crippen LogP contribution >= 0.6 is 23.2 Å². The third-order valence-electron chi connectivity index (χ3n) is 1.55. The van der Waals surface area contributed by atoms with E-state index < -0.39 is 10.0 Å². The first-order valence-corrected chi connectivity index (χ1v) is 6.51. The molecule has 0 amide bonds. The van der Waals surface area contributed by atoms with Crippen LogP contribution in [0.2, 0.25) is 10.0 Å². The Hall–Kier alpha value is -0.490. The molecular formula is C8H10Cl2N2O2S. The Morgan fingerprint density at radius 1 is 1.33 bits per heavy atom. The summed E-state index contributed by atoms with van der Waals surface area (Å²) >= 11 is 11.5. The van der Waals surface area contributed by atoms with Crippen molar-refractivity contribution in [3.63, 3.8) is 0 Å². The SMILES string of the molecule is [NH3+]CCS(=O)(=O)[N-]c1cc(Cl)ccc1Cl. The first kappa shape index (κ1) is 12.6. The van der Waals surface area contributed by atoms with E-state index in [1.54, 1.807) is 6.07 Å². The lowest BCUT2D eigenvalue weighted by Gasteiger charge is -2.22. The highest BCUT2D eigenvalue weighted by atomic mass is 35.5. The molecule has 0 radical (unpaired) electrons. The fourth-order valence-corrected chi connectivity index (χ4v) is 2.22. The summed E-state index contributed by atoms with van der Waals surface area (Å²) in [6, 6.07) is 4.48. The molecule has 0 aliphatic heterocycles. The Morgan fingerprint density at radius 2 is 2.00 bits per heavy atom. The maximum Gasteiger partial charge on any atom is 0.0993 e. The van der Waals surface area contributed by atoms with E-state index in [4.69, 9.17) is 23.2 Å². The Balaban J connectivity index is 2.94. The van der Waals surface area contributed by atoms with Gasteiger partial charge < -0.3 is 10.5 Å².